The lowest BCUT2D eigenvalue weighted by atomic mass is 9.63. The lowest BCUT2D eigenvalue weighted by Crippen LogP contribution is -2.35. The van der Waals surface area contributed by atoms with Gasteiger partial charge in [-0.3, -0.25) is 4.98 Å². The maximum Gasteiger partial charge on any atom is 0.0900 e. The molecule has 11 rings (SSSR count). The largest absolute Gasteiger partial charge is 0.255 e. The molecule has 2 aromatic heterocycles. The van der Waals surface area contributed by atoms with Crippen LogP contribution in [0.2, 0.25) is 0 Å². The summed E-state index contributed by atoms with van der Waals surface area (Å²) >= 11 is 0. The normalized spacial score (nSPS) is 16.4. The number of fused-ring (bicyclic) bond motifs is 5. The Hall–Kier alpha value is -7.16. The van der Waals surface area contributed by atoms with Crippen molar-refractivity contribution in [2.24, 2.45) is 5.92 Å². The summed E-state index contributed by atoms with van der Waals surface area (Å²) in [7, 11) is 0. The summed E-state index contributed by atoms with van der Waals surface area (Å²) in [4.78, 5) is 9.53. The van der Waals surface area contributed by atoms with Gasteiger partial charge in [-0.2, -0.15) is 0 Å². The van der Waals surface area contributed by atoms with Crippen LogP contribution >= 0.6 is 0 Å². The number of rotatable bonds is 6. The highest BCUT2D eigenvalue weighted by Gasteiger charge is 2.52. The molecule has 7 aromatic carbocycles. The van der Waals surface area contributed by atoms with Gasteiger partial charge >= 0.3 is 0 Å². The maximum atomic E-state index is 4.95. The van der Waals surface area contributed by atoms with E-state index < -0.39 is 0 Å². The molecular formula is C55H38N2. The molecule has 0 aliphatic heterocycles. The Balaban J connectivity index is 0.951. The Labute approximate surface area is 333 Å². The molecule has 0 N–H and O–H groups in total. The second-order valence-corrected chi connectivity index (χ2v) is 15.3. The number of benzene rings is 7. The molecule has 2 heterocycles. The molecule has 2 aliphatic carbocycles. The van der Waals surface area contributed by atoms with Crippen LogP contribution in [0, 0.1) is 5.92 Å². The van der Waals surface area contributed by atoms with Crippen LogP contribution in [-0.2, 0) is 5.41 Å². The van der Waals surface area contributed by atoms with E-state index in [9.17, 15) is 0 Å². The molecule has 2 aliphatic rings. The minimum atomic E-state index is -0.299. The van der Waals surface area contributed by atoms with Crippen molar-refractivity contribution in [2.45, 2.75) is 11.3 Å². The van der Waals surface area contributed by atoms with Crippen molar-refractivity contribution >= 4 is 21.7 Å². The zero-order valence-corrected chi connectivity index (χ0v) is 31.3. The Morgan fingerprint density at radius 2 is 1.04 bits per heavy atom. The van der Waals surface area contributed by atoms with Gasteiger partial charge in [-0.1, -0.05) is 170 Å². The van der Waals surface area contributed by atoms with Gasteiger partial charge in [0, 0.05) is 23.4 Å². The molecule has 57 heavy (non-hydrogen) atoms. The standard InChI is InChI=1S/C55H38N2/c1-3-13-44(14-4-1)55(45-15-5-2-6-16-45)50-19-9-7-17-46(50)47-31-30-43(35-51(47)55)42-29-28-40-33-39(26-27-41(40)34-42)37-22-24-38(25-23-37)49-36-54(53-21-11-12-32-56-53)57-52-20-10-8-18-48(49)52/h1-36,46,50H. The van der Waals surface area contributed by atoms with Crippen molar-refractivity contribution in [2.75, 3.05) is 0 Å². The second kappa shape index (κ2) is 13.5. The Bertz CT molecular complexity index is 2960. The van der Waals surface area contributed by atoms with E-state index in [1.165, 1.54) is 55.3 Å². The van der Waals surface area contributed by atoms with Crippen molar-refractivity contribution in [1.29, 1.82) is 0 Å². The van der Waals surface area contributed by atoms with Crippen LogP contribution in [0.25, 0.3) is 66.4 Å². The highest BCUT2D eigenvalue weighted by molar-refractivity contribution is 5.97. The Morgan fingerprint density at radius 1 is 0.439 bits per heavy atom. The molecule has 2 unspecified atom stereocenters. The first-order chi connectivity index (χ1) is 28.2. The van der Waals surface area contributed by atoms with Gasteiger partial charge in [-0.25, -0.2) is 4.98 Å². The maximum absolute atomic E-state index is 4.95. The first-order valence-electron chi connectivity index (χ1n) is 19.8. The smallest absolute Gasteiger partial charge is 0.0900 e. The summed E-state index contributed by atoms with van der Waals surface area (Å²) < 4.78 is 0. The van der Waals surface area contributed by atoms with Crippen LogP contribution < -0.4 is 0 Å². The van der Waals surface area contributed by atoms with Crippen molar-refractivity contribution in [3.8, 4) is 44.8 Å². The van der Waals surface area contributed by atoms with Gasteiger partial charge in [0.15, 0.2) is 0 Å². The molecule has 2 atom stereocenters. The first kappa shape index (κ1) is 33.2. The Morgan fingerprint density at radius 3 is 1.75 bits per heavy atom. The number of para-hydroxylation sites is 1. The average molecular weight is 727 g/mol. The number of hydrogen-bond acceptors (Lipinski definition) is 2. The fourth-order valence-corrected chi connectivity index (χ4v) is 9.64. The van der Waals surface area contributed by atoms with E-state index in [2.05, 4.69) is 193 Å². The molecule has 0 radical (unpaired) electrons. The van der Waals surface area contributed by atoms with Crippen molar-refractivity contribution in [1.82, 2.24) is 9.97 Å². The topological polar surface area (TPSA) is 25.8 Å². The second-order valence-electron chi connectivity index (χ2n) is 15.3. The quantitative estimate of drug-likeness (QED) is 0.170. The van der Waals surface area contributed by atoms with Gasteiger partial charge in [0.05, 0.1) is 22.3 Å². The Kier molecular flexibility index (Phi) is 7.89. The molecule has 0 fully saturated rings. The number of allylic oxidation sites excluding steroid dienone is 4. The first-order valence-corrected chi connectivity index (χ1v) is 19.8. The highest BCUT2D eigenvalue weighted by atomic mass is 14.8. The van der Waals surface area contributed by atoms with Gasteiger partial charge in [0.25, 0.3) is 0 Å². The van der Waals surface area contributed by atoms with E-state index in [1.54, 1.807) is 0 Å². The zero-order valence-electron chi connectivity index (χ0n) is 31.3. The highest BCUT2D eigenvalue weighted by Crippen LogP contribution is 2.60. The lowest BCUT2D eigenvalue weighted by Gasteiger charge is -2.39. The van der Waals surface area contributed by atoms with E-state index in [1.807, 2.05) is 30.5 Å². The number of aromatic nitrogens is 2. The van der Waals surface area contributed by atoms with E-state index in [0.717, 1.165) is 33.4 Å². The molecule has 0 bridgehead atoms. The van der Waals surface area contributed by atoms with E-state index in [-0.39, 0.29) is 11.3 Å². The zero-order chi connectivity index (χ0) is 37.8. The molecule has 0 spiro atoms. The van der Waals surface area contributed by atoms with Gasteiger partial charge in [0.2, 0.25) is 0 Å². The molecule has 9 aromatic rings. The fraction of sp³-hybridized carbons (Fsp3) is 0.0545. The average Bonchev–Trinajstić information content (AvgIpc) is 3.59. The van der Waals surface area contributed by atoms with E-state index in [0.29, 0.717) is 5.92 Å². The molecule has 2 heteroatoms. The summed E-state index contributed by atoms with van der Waals surface area (Å²) in [6.07, 6.45) is 11.1. The third kappa shape index (κ3) is 5.48. The van der Waals surface area contributed by atoms with Crippen LogP contribution in [0.3, 0.4) is 0 Å². The summed E-state index contributed by atoms with van der Waals surface area (Å²) in [5.41, 5.74) is 15.1. The van der Waals surface area contributed by atoms with Gasteiger partial charge in [0.1, 0.15) is 0 Å². The van der Waals surface area contributed by atoms with Gasteiger partial charge in [-0.05, 0) is 109 Å². The number of pyridine rings is 2. The van der Waals surface area contributed by atoms with Crippen molar-refractivity contribution in [3.05, 3.63) is 241 Å². The summed E-state index contributed by atoms with van der Waals surface area (Å²) in [6, 6.07) is 68.7. The third-order valence-electron chi connectivity index (χ3n) is 12.3. The molecule has 0 saturated carbocycles. The molecule has 0 saturated heterocycles. The van der Waals surface area contributed by atoms with Crippen LogP contribution in [0.1, 0.15) is 28.2 Å². The van der Waals surface area contributed by atoms with Gasteiger partial charge < -0.3 is 0 Å². The molecular weight excluding hydrogens is 689 g/mol. The van der Waals surface area contributed by atoms with Crippen molar-refractivity contribution < 1.29 is 0 Å². The molecule has 2 nitrogen and oxygen atoms in total. The van der Waals surface area contributed by atoms with Crippen LogP contribution in [0.15, 0.2) is 219 Å². The fourth-order valence-electron chi connectivity index (χ4n) is 9.64. The summed E-state index contributed by atoms with van der Waals surface area (Å²) in [5, 5.41) is 3.59. The SMILES string of the molecule is C1=CC2c3ccc(-c4ccc5cc(-c6ccc(-c7cc(-c8ccccn8)nc8ccccc78)cc6)ccc5c4)cc3C(c3ccccc3)(c3ccccc3)C2C=C1. The third-order valence-corrected chi connectivity index (χ3v) is 12.3. The minimum absolute atomic E-state index is 0.287. The van der Waals surface area contributed by atoms with Crippen LogP contribution in [0.4, 0.5) is 0 Å². The predicted octanol–water partition coefficient (Wildman–Crippen LogP) is 13.6. The van der Waals surface area contributed by atoms with Crippen LogP contribution in [-0.4, -0.2) is 9.97 Å². The van der Waals surface area contributed by atoms with E-state index >= 15 is 0 Å². The van der Waals surface area contributed by atoms with Crippen molar-refractivity contribution in [3.63, 3.8) is 0 Å². The molecule has 0 amide bonds. The summed E-state index contributed by atoms with van der Waals surface area (Å²) in [5.74, 6) is 0.603. The number of hydrogen-bond donors (Lipinski definition) is 0. The molecule has 268 valence electrons. The van der Waals surface area contributed by atoms with Gasteiger partial charge in [-0.15, -0.1) is 0 Å². The van der Waals surface area contributed by atoms with Crippen LogP contribution in [0.5, 0.6) is 0 Å². The minimum Gasteiger partial charge on any atom is -0.255 e. The predicted molar refractivity (Wildman–Crippen MR) is 236 cm³/mol. The number of nitrogens with zero attached hydrogens (tertiary/aromatic N) is 2. The lowest BCUT2D eigenvalue weighted by molar-refractivity contribution is 0.457. The monoisotopic (exact) mass is 726 g/mol. The summed E-state index contributed by atoms with van der Waals surface area (Å²) in [6.45, 7) is 0. The van der Waals surface area contributed by atoms with E-state index in [4.69, 9.17) is 4.98 Å².